The highest BCUT2D eigenvalue weighted by Gasteiger charge is 2.07. The van der Waals surface area contributed by atoms with E-state index >= 15 is 0 Å². The van der Waals surface area contributed by atoms with E-state index in [2.05, 4.69) is 5.32 Å². The zero-order valence-electron chi connectivity index (χ0n) is 16.4. The number of amides is 1. The molecule has 7 nitrogen and oxygen atoms in total. The van der Waals surface area contributed by atoms with Crippen molar-refractivity contribution in [3.8, 4) is 11.5 Å². The summed E-state index contributed by atoms with van der Waals surface area (Å²) in [5.74, 6) is 0.119. The van der Waals surface area contributed by atoms with Gasteiger partial charge in [-0.1, -0.05) is 6.07 Å². The van der Waals surface area contributed by atoms with Gasteiger partial charge in [-0.15, -0.1) is 0 Å². The Hall–Kier alpha value is -3.48. The first kappa shape index (κ1) is 20.8. The normalized spacial score (nSPS) is 10.4. The van der Waals surface area contributed by atoms with Crippen LogP contribution in [-0.2, 0) is 14.3 Å². The highest BCUT2D eigenvalue weighted by molar-refractivity contribution is 5.94. The minimum Gasteiger partial charge on any atom is -0.493 e. The molecule has 28 heavy (non-hydrogen) atoms. The van der Waals surface area contributed by atoms with Crippen LogP contribution in [0.4, 0.5) is 11.4 Å². The predicted octanol–water partition coefficient (Wildman–Crippen LogP) is 2.96. The summed E-state index contributed by atoms with van der Waals surface area (Å²) in [6.07, 6.45) is 2.82. The summed E-state index contributed by atoms with van der Waals surface area (Å²) in [6.45, 7) is -0.370. The molecule has 0 bridgehead atoms. The molecule has 148 valence electrons. The fraction of sp³-hybridized carbons (Fsp3) is 0.238. The van der Waals surface area contributed by atoms with Crippen molar-refractivity contribution in [3.63, 3.8) is 0 Å². The molecule has 2 aromatic rings. The van der Waals surface area contributed by atoms with E-state index in [1.807, 2.05) is 31.1 Å². The van der Waals surface area contributed by atoms with Gasteiger partial charge in [-0.2, -0.15) is 0 Å². The van der Waals surface area contributed by atoms with Gasteiger partial charge in [0.15, 0.2) is 18.1 Å². The molecule has 0 spiro atoms. The number of methoxy groups -OCH3 is 2. The molecule has 7 heteroatoms. The van der Waals surface area contributed by atoms with Crippen molar-refractivity contribution in [3.05, 3.63) is 54.1 Å². The van der Waals surface area contributed by atoms with Crippen molar-refractivity contribution in [2.24, 2.45) is 0 Å². The number of carbonyl (C=O) groups is 2. The van der Waals surface area contributed by atoms with Gasteiger partial charge < -0.3 is 24.4 Å². The third-order valence-electron chi connectivity index (χ3n) is 3.83. The molecule has 0 saturated heterocycles. The van der Waals surface area contributed by atoms with Gasteiger partial charge in [0.2, 0.25) is 0 Å². The summed E-state index contributed by atoms with van der Waals surface area (Å²) in [5.41, 5.74) is 2.39. The third-order valence-corrected chi connectivity index (χ3v) is 3.83. The molecule has 0 aliphatic carbocycles. The number of hydrogen-bond donors (Lipinski definition) is 1. The van der Waals surface area contributed by atoms with Gasteiger partial charge in [0.25, 0.3) is 5.91 Å². The summed E-state index contributed by atoms with van der Waals surface area (Å²) in [6, 6.07) is 12.6. The monoisotopic (exact) mass is 384 g/mol. The van der Waals surface area contributed by atoms with Crippen LogP contribution in [0.15, 0.2) is 48.5 Å². The van der Waals surface area contributed by atoms with Crippen molar-refractivity contribution >= 4 is 29.3 Å². The molecular weight excluding hydrogens is 360 g/mol. The van der Waals surface area contributed by atoms with Crippen LogP contribution in [0.3, 0.4) is 0 Å². The van der Waals surface area contributed by atoms with Crippen molar-refractivity contribution in [1.82, 2.24) is 0 Å². The number of nitrogens with one attached hydrogen (secondary N) is 1. The molecule has 1 amide bonds. The van der Waals surface area contributed by atoms with Crippen molar-refractivity contribution in [1.29, 1.82) is 0 Å². The standard InChI is InChI=1S/C21H24N2O5/c1-23(2)17-9-7-16(8-10-17)22-20(24)14-28-21(25)12-6-15-5-11-18(26-3)19(13-15)27-4/h5-13H,14H2,1-4H3,(H,22,24)/b12-6+. The minimum atomic E-state index is -0.618. The largest absolute Gasteiger partial charge is 0.493 e. The van der Waals surface area contributed by atoms with E-state index < -0.39 is 11.9 Å². The van der Waals surface area contributed by atoms with Crippen molar-refractivity contribution in [2.45, 2.75) is 0 Å². The fourth-order valence-corrected chi connectivity index (χ4v) is 2.35. The summed E-state index contributed by atoms with van der Waals surface area (Å²) in [5, 5.41) is 2.68. The van der Waals surface area contributed by atoms with E-state index in [0.29, 0.717) is 17.2 Å². The second-order valence-electron chi connectivity index (χ2n) is 6.04. The molecule has 2 aromatic carbocycles. The van der Waals surface area contributed by atoms with Gasteiger partial charge in [0.1, 0.15) is 0 Å². The first-order valence-electron chi connectivity index (χ1n) is 8.57. The van der Waals surface area contributed by atoms with E-state index in [0.717, 1.165) is 11.3 Å². The molecule has 0 radical (unpaired) electrons. The molecule has 0 saturated carbocycles. The number of benzene rings is 2. The van der Waals surface area contributed by atoms with Crippen molar-refractivity contribution < 1.29 is 23.8 Å². The van der Waals surface area contributed by atoms with E-state index in [4.69, 9.17) is 14.2 Å². The average molecular weight is 384 g/mol. The molecule has 0 aliphatic rings. The lowest BCUT2D eigenvalue weighted by molar-refractivity contribution is -0.142. The highest BCUT2D eigenvalue weighted by atomic mass is 16.5. The Morgan fingerprint density at radius 2 is 1.68 bits per heavy atom. The maximum absolute atomic E-state index is 11.9. The maximum Gasteiger partial charge on any atom is 0.331 e. The predicted molar refractivity (Wildman–Crippen MR) is 109 cm³/mol. The Morgan fingerprint density at radius 3 is 2.29 bits per heavy atom. The second kappa shape index (κ2) is 10.0. The summed E-state index contributed by atoms with van der Waals surface area (Å²) >= 11 is 0. The Bertz CT molecular complexity index is 844. The van der Waals surface area contributed by atoms with Gasteiger partial charge in [-0.25, -0.2) is 4.79 Å². The number of rotatable bonds is 8. The molecule has 0 unspecified atom stereocenters. The maximum atomic E-state index is 11.9. The lowest BCUT2D eigenvalue weighted by Crippen LogP contribution is -2.20. The summed E-state index contributed by atoms with van der Waals surface area (Å²) in [4.78, 5) is 25.7. The van der Waals surface area contributed by atoms with Crippen LogP contribution < -0.4 is 19.7 Å². The number of hydrogen-bond acceptors (Lipinski definition) is 6. The number of ether oxygens (including phenoxy) is 3. The SMILES string of the molecule is COc1ccc(/C=C/C(=O)OCC(=O)Nc2ccc(N(C)C)cc2)cc1OC. The van der Waals surface area contributed by atoms with E-state index in [9.17, 15) is 9.59 Å². The fourth-order valence-electron chi connectivity index (χ4n) is 2.35. The van der Waals surface area contributed by atoms with Crippen LogP contribution >= 0.6 is 0 Å². The molecule has 0 fully saturated rings. The van der Waals surface area contributed by atoms with E-state index in [1.165, 1.54) is 13.2 Å². The Balaban J connectivity index is 1.84. The molecule has 0 heterocycles. The van der Waals surface area contributed by atoms with Gasteiger partial charge in [0.05, 0.1) is 14.2 Å². The number of nitrogens with zero attached hydrogens (tertiary/aromatic N) is 1. The van der Waals surface area contributed by atoms with Gasteiger partial charge >= 0.3 is 5.97 Å². The molecular formula is C21H24N2O5. The summed E-state index contributed by atoms with van der Waals surface area (Å²) in [7, 11) is 6.95. The van der Waals surface area contributed by atoms with E-state index in [-0.39, 0.29) is 6.61 Å². The van der Waals surface area contributed by atoms with Gasteiger partial charge in [0, 0.05) is 31.5 Å². The van der Waals surface area contributed by atoms with Gasteiger partial charge in [-0.05, 0) is 48.0 Å². The van der Waals surface area contributed by atoms with Crippen molar-refractivity contribution in [2.75, 3.05) is 45.1 Å². The number of esters is 1. The zero-order valence-corrected chi connectivity index (χ0v) is 16.4. The van der Waals surface area contributed by atoms with Crippen LogP contribution in [0.1, 0.15) is 5.56 Å². The summed E-state index contributed by atoms with van der Waals surface area (Å²) < 4.78 is 15.3. The Kier molecular flexibility index (Phi) is 7.45. The number of carbonyl (C=O) groups excluding carboxylic acids is 2. The average Bonchev–Trinajstić information content (AvgIpc) is 2.70. The Labute approximate surface area is 164 Å². The van der Waals surface area contributed by atoms with Crippen LogP contribution in [0.5, 0.6) is 11.5 Å². The molecule has 0 aliphatic heterocycles. The third kappa shape index (κ3) is 6.05. The minimum absolute atomic E-state index is 0.370. The first-order chi connectivity index (χ1) is 13.4. The molecule has 0 aromatic heterocycles. The quantitative estimate of drug-likeness (QED) is 0.557. The zero-order chi connectivity index (χ0) is 20.5. The van der Waals surface area contributed by atoms with Crippen LogP contribution in [0.2, 0.25) is 0 Å². The van der Waals surface area contributed by atoms with Crippen LogP contribution in [0.25, 0.3) is 6.08 Å². The lowest BCUT2D eigenvalue weighted by atomic mass is 10.2. The number of anilines is 2. The Morgan fingerprint density at radius 1 is 1.00 bits per heavy atom. The van der Waals surface area contributed by atoms with E-state index in [1.54, 1.807) is 43.5 Å². The van der Waals surface area contributed by atoms with Crippen LogP contribution in [-0.4, -0.2) is 46.8 Å². The molecule has 0 atom stereocenters. The first-order valence-corrected chi connectivity index (χ1v) is 8.57. The van der Waals surface area contributed by atoms with Gasteiger partial charge in [-0.3, -0.25) is 4.79 Å². The smallest absolute Gasteiger partial charge is 0.331 e. The molecule has 1 N–H and O–H groups in total. The highest BCUT2D eigenvalue weighted by Crippen LogP contribution is 2.27. The lowest BCUT2D eigenvalue weighted by Gasteiger charge is -2.13. The molecule has 2 rings (SSSR count). The second-order valence-corrected chi connectivity index (χ2v) is 6.04. The topological polar surface area (TPSA) is 77.1 Å². The van der Waals surface area contributed by atoms with Crippen LogP contribution in [0, 0.1) is 0 Å².